The van der Waals surface area contributed by atoms with Crippen molar-refractivity contribution in [2.45, 2.75) is 0 Å². The van der Waals surface area contributed by atoms with E-state index in [1.165, 1.54) is 16.2 Å². The molecule has 0 N–H and O–H groups in total. The summed E-state index contributed by atoms with van der Waals surface area (Å²) in [5.74, 6) is 0. The molecule has 0 radical (unpaired) electrons. The van der Waals surface area contributed by atoms with Gasteiger partial charge >= 0.3 is 0 Å². The SMILES string of the molecule is N#CS(C#N)(C#N)N=O. The maximum Gasteiger partial charge on any atom is 0.166 e. The van der Waals surface area contributed by atoms with Crippen molar-refractivity contribution >= 4 is 10.2 Å². The molecule has 0 unspecified atom stereocenters. The Morgan fingerprint density at radius 3 is 1.44 bits per heavy atom. The third-order valence-corrected chi connectivity index (χ3v) is 1.52. The zero-order valence-electron chi connectivity index (χ0n) is 4.11. The second kappa shape index (κ2) is 2.66. The molecular formula is C3N4OS. The summed E-state index contributed by atoms with van der Waals surface area (Å²) >= 11 is 0. The van der Waals surface area contributed by atoms with Gasteiger partial charge in [-0.25, -0.2) is 0 Å². The summed E-state index contributed by atoms with van der Waals surface area (Å²) < 4.78 is 2.12. The van der Waals surface area contributed by atoms with Crippen LogP contribution in [0, 0.1) is 36.9 Å². The molecule has 0 aromatic rings. The standard InChI is InChI=1S/C3N4OS/c4-1-9(2-5,3-6)7-8. The summed E-state index contributed by atoms with van der Waals surface area (Å²) in [5, 5.41) is 27.8. The molecular weight excluding hydrogens is 140 g/mol. The van der Waals surface area contributed by atoms with Crippen LogP contribution in [0.5, 0.6) is 0 Å². The fourth-order valence-corrected chi connectivity index (χ4v) is 0.334. The van der Waals surface area contributed by atoms with Gasteiger partial charge in [0.2, 0.25) is 0 Å². The molecule has 6 heteroatoms. The molecule has 0 heterocycles. The van der Waals surface area contributed by atoms with Gasteiger partial charge in [-0.2, -0.15) is 15.8 Å². The highest BCUT2D eigenvalue weighted by molar-refractivity contribution is 8.43. The molecule has 0 aliphatic rings. The quantitative estimate of drug-likeness (QED) is 0.399. The Labute approximate surface area is 52.5 Å². The molecule has 0 rings (SSSR count). The summed E-state index contributed by atoms with van der Waals surface area (Å²) in [6.45, 7) is 0. The van der Waals surface area contributed by atoms with Crippen LogP contribution in [-0.4, -0.2) is 0 Å². The summed E-state index contributed by atoms with van der Waals surface area (Å²) in [6.07, 6.45) is 0. The molecule has 0 aliphatic carbocycles. The van der Waals surface area contributed by atoms with Gasteiger partial charge in [0.25, 0.3) is 0 Å². The van der Waals surface area contributed by atoms with Crippen molar-refractivity contribution in [3.63, 3.8) is 0 Å². The van der Waals surface area contributed by atoms with Crippen molar-refractivity contribution in [2.24, 2.45) is 4.58 Å². The molecule has 0 aliphatic heterocycles. The lowest BCUT2D eigenvalue weighted by Crippen LogP contribution is -1.80. The van der Waals surface area contributed by atoms with E-state index in [2.05, 4.69) is 4.58 Å². The maximum absolute atomic E-state index is 9.64. The second-order valence-corrected chi connectivity index (χ2v) is 2.79. The summed E-state index contributed by atoms with van der Waals surface area (Å²) in [6, 6.07) is 0. The highest BCUT2D eigenvalue weighted by Crippen LogP contribution is 2.44. The number of nitroso groups, excluding NO2 is 1. The van der Waals surface area contributed by atoms with Crippen molar-refractivity contribution in [3.05, 3.63) is 4.91 Å². The Hall–Kier alpha value is -1.58. The predicted molar refractivity (Wildman–Crippen MR) is 30.2 cm³/mol. The molecule has 0 saturated heterocycles. The van der Waals surface area contributed by atoms with Gasteiger partial charge in [0.15, 0.2) is 26.4 Å². The largest absolute Gasteiger partial charge is 0.183 e. The van der Waals surface area contributed by atoms with Crippen molar-refractivity contribution < 1.29 is 0 Å². The topological polar surface area (TPSA) is 101 Å². The van der Waals surface area contributed by atoms with Gasteiger partial charge in [-0.05, 0) is 0 Å². The smallest absolute Gasteiger partial charge is 0.166 e. The van der Waals surface area contributed by atoms with E-state index in [0.29, 0.717) is 0 Å². The first-order valence-corrected chi connectivity index (χ1v) is 3.24. The molecule has 5 nitrogen and oxygen atoms in total. The molecule has 0 atom stereocenters. The minimum absolute atomic E-state index is 1.25. The van der Waals surface area contributed by atoms with Gasteiger partial charge in [0.05, 0.1) is 0 Å². The van der Waals surface area contributed by atoms with Crippen LogP contribution in [0.15, 0.2) is 4.58 Å². The van der Waals surface area contributed by atoms with Crippen molar-refractivity contribution in [1.82, 2.24) is 0 Å². The molecule has 9 heavy (non-hydrogen) atoms. The van der Waals surface area contributed by atoms with Crippen LogP contribution < -0.4 is 0 Å². The van der Waals surface area contributed by atoms with Crippen LogP contribution in [-0.2, 0) is 0 Å². The third-order valence-electron chi connectivity index (χ3n) is 0.508. The Bertz CT molecular complexity index is 204. The summed E-state index contributed by atoms with van der Waals surface area (Å²) in [5.41, 5.74) is 0. The van der Waals surface area contributed by atoms with Gasteiger partial charge in [0, 0.05) is 4.58 Å². The predicted octanol–water partition coefficient (Wildman–Crippen LogP) is 0.916. The molecule has 0 spiro atoms. The van der Waals surface area contributed by atoms with Crippen molar-refractivity contribution in [3.8, 4) is 16.2 Å². The maximum atomic E-state index is 9.64. The van der Waals surface area contributed by atoms with Crippen LogP contribution >= 0.6 is 10.2 Å². The fourth-order valence-electron chi connectivity index (χ4n) is 0.111. The van der Waals surface area contributed by atoms with E-state index in [9.17, 15) is 4.91 Å². The van der Waals surface area contributed by atoms with Crippen LogP contribution in [0.3, 0.4) is 0 Å². The average Bonchev–Trinajstić information content (AvgIpc) is 1.95. The minimum Gasteiger partial charge on any atom is -0.183 e. The number of hydrogen-bond donors (Lipinski definition) is 0. The zero-order valence-corrected chi connectivity index (χ0v) is 4.92. The van der Waals surface area contributed by atoms with E-state index in [1.807, 2.05) is 0 Å². The Balaban J connectivity index is 4.76. The molecule has 0 fully saturated rings. The second-order valence-electron chi connectivity index (χ2n) is 0.928. The Morgan fingerprint density at radius 2 is 1.44 bits per heavy atom. The van der Waals surface area contributed by atoms with E-state index < -0.39 is 10.2 Å². The van der Waals surface area contributed by atoms with E-state index in [1.54, 1.807) is 0 Å². The normalized spacial score (nSPS) is 9.89. The number of rotatable bonds is 1. The molecule has 0 aromatic heterocycles. The number of nitrogens with zero attached hydrogens (tertiary/aromatic N) is 4. The lowest BCUT2D eigenvalue weighted by molar-refractivity contribution is 1.53. The zero-order chi connectivity index (χ0) is 7.33. The molecule has 0 bridgehead atoms. The first kappa shape index (κ1) is 7.42. The average molecular weight is 140 g/mol. The monoisotopic (exact) mass is 140 g/mol. The van der Waals surface area contributed by atoms with Gasteiger partial charge in [-0.3, -0.25) is 0 Å². The van der Waals surface area contributed by atoms with Gasteiger partial charge < -0.3 is 0 Å². The van der Waals surface area contributed by atoms with Crippen LogP contribution in [0.25, 0.3) is 0 Å². The van der Waals surface area contributed by atoms with Gasteiger partial charge in [-0.15, -0.1) is 4.91 Å². The van der Waals surface area contributed by atoms with Crippen LogP contribution in [0.1, 0.15) is 0 Å². The fraction of sp³-hybridized carbons (Fsp3) is 0. The van der Waals surface area contributed by atoms with Crippen LogP contribution in [0.4, 0.5) is 0 Å². The lowest BCUT2D eigenvalue weighted by Gasteiger charge is -1.96. The first-order valence-electron chi connectivity index (χ1n) is 1.65. The third kappa shape index (κ3) is 1.16. The van der Waals surface area contributed by atoms with Crippen molar-refractivity contribution in [2.75, 3.05) is 0 Å². The number of hydrogen-bond acceptors (Lipinski definition) is 5. The number of thiocyanates is 3. The minimum atomic E-state index is -3.16. The Morgan fingerprint density at radius 1 is 1.11 bits per heavy atom. The van der Waals surface area contributed by atoms with E-state index in [0.717, 1.165) is 0 Å². The molecule has 0 amide bonds. The lowest BCUT2D eigenvalue weighted by atomic mass is 11.7. The molecule has 0 aromatic carbocycles. The highest BCUT2D eigenvalue weighted by Gasteiger charge is 2.23. The van der Waals surface area contributed by atoms with Crippen molar-refractivity contribution in [1.29, 1.82) is 15.8 Å². The van der Waals surface area contributed by atoms with Gasteiger partial charge in [-0.1, -0.05) is 0 Å². The van der Waals surface area contributed by atoms with E-state index in [4.69, 9.17) is 15.8 Å². The summed E-state index contributed by atoms with van der Waals surface area (Å²) in [4.78, 5) is 9.64. The highest BCUT2D eigenvalue weighted by atomic mass is 32.3. The first-order chi connectivity index (χ1) is 4.24. The number of nitriles is 3. The van der Waals surface area contributed by atoms with Crippen LogP contribution in [0.2, 0.25) is 0 Å². The summed E-state index contributed by atoms with van der Waals surface area (Å²) in [7, 11) is -3.16. The Kier molecular flexibility index (Phi) is 2.19. The van der Waals surface area contributed by atoms with E-state index >= 15 is 0 Å². The molecule has 0 saturated carbocycles. The molecule has 44 valence electrons. The van der Waals surface area contributed by atoms with E-state index in [-0.39, 0.29) is 0 Å². The van der Waals surface area contributed by atoms with Gasteiger partial charge in [0.1, 0.15) is 0 Å².